The number of hydrogen-bond acceptors (Lipinski definition) is 3. The molecule has 4 nitrogen and oxygen atoms in total. The minimum Gasteiger partial charge on any atom is -0.447 e. The zero-order chi connectivity index (χ0) is 8.55. The number of nitrogens with zero attached hydrogens (tertiary/aromatic N) is 1. The van der Waals surface area contributed by atoms with E-state index < -0.39 is 0 Å². The average Bonchev–Trinajstić information content (AvgIpc) is 2.80. The molecule has 1 aliphatic heterocycles. The van der Waals surface area contributed by atoms with E-state index in [-0.39, 0.29) is 12.1 Å². The number of rotatable bonds is 3. The third kappa shape index (κ3) is 1.27. The van der Waals surface area contributed by atoms with Crippen molar-refractivity contribution in [2.24, 2.45) is 5.73 Å². The molecule has 0 aromatic carbocycles. The van der Waals surface area contributed by atoms with Gasteiger partial charge in [0.1, 0.15) is 6.61 Å². The van der Waals surface area contributed by atoms with Crippen LogP contribution in [0.3, 0.4) is 0 Å². The lowest BCUT2D eigenvalue weighted by atomic mass is 10.2. The summed E-state index contributed by atoms with van der Waals surface area (Å²) in [6.45, 7) is 1.16. The van der Waals surface area contributed by atoms with Gasteiger partial charge in [-0.15, -0.1) is 0 Å². The van der Waals surface area contributed by atoms with Crippen LogP contribution in [0.4, 0.5) is 4.79 Å². The molecule has 2 rings (SSSR count). The molecule has 1 aliphatic carbocycles. The molecule has 68 valence electrons. The number of ether oxygens (including phenoxy) is 1. The monoisotopic (exact) mass is 170 g/mol. The normalized spacial score (nSPS) is 29.2. The Morgan fingerprint density at radius 3 is 2.92 bits per heavy atom. The zero-order valence-corrected chi connectivity index (χ0v) is 7.03. The fraction of sp³-hybridized carbons (Fsp3) is 0.875. The minimum absolute atomic E-state index is 0.143. The summed E-state index contributed by atoms with van der Waals surface area (Å²) in [4.78, 5) is 13.1. The molecule has 2 fully saturated rings. The highest BCUT2D eigenvalue weighted by molar-refractivity contribution is 5.71. The van der Waals surface area contributed by atoms with E-state index >= 15 is 0 Å². The molecule has 0 aromatic heterocycles. The molecule has 2 N–H and O–H groups in total. The quantitative estimate of drug-likeness (QED) is 0.663. The van der Waals surface area contributed by atoms with Crippen molar-refractivity contribution < 1.29 is 9.53 Å². The number of carbonyl (C=O) groups excluding carboxylic acids is 1. The van der Waals surface area contributed by atoms with E-state index in [9.17, 15) is 4.79 Å². The predicted molar refractivity (Wildman–Crippen MR) is 43.7 cm³/mol. The van der Waals surface area contributed by atoms with Crippen LogP contribution in [0.1, 0.15) is 19.3 Å². The smallest absolute Gasteiger partial charge is 0.410 e. The maximum atomic E-state index is 11.2. The van der Waals surface area contributed by atoms with E-state index in [0.717, 1.165) is 19.3 Å². The van der Waals surface area contributed by atoms with E-state index in [4.69, 9.17) is 10.5 Å². The molecule has 0 aromatic rings. The van der Waals surface area contributed by atoms with Crippen molar-refractivity contribution in [3.8, 4) is 0 Å². The van der Waals surface area contributed by atoms with Crippen LogP contribution in [0.25, 0.3) is 0 Å². The number of amides is 1. The summed E-state index contributed by atoms with van der Waals surface area (Å²) in [5.74, 6) is 0. The molecule has 0 spiro atoms. The van der Waals surface area contributed by atoms with Crippen molar-refractivity contribution in [1.29, 1.82) is 0 Å². The van der Waals surface area contributed by atoms with Gasteiger partial charge in [-0.3, -0.25) is 4.90 Å². The second-order valence-corrected chi connectivity index (χ2v) is 3.45. The average molecular weight is 170 g/mol. The maximum Gasteiger partial charge on any atom is 0.410 e. The standard InChI is InChI=1S/C8H14N2O2/c9-4-3-7-5-12-8(11)10(7)6-1-2-6/h6-7H,1-5,9H2. The highest BCUT2D eigenvalue weighted by Gasteiger charge is 2.42. The highest BCUT2D eigenvalue weighted by Crippen LogP contribution is 2.32. The van der Waals surface area contributed by atoms with Gasteiger partial charge in [0.05, 0.1) is 6.04 Å². The van der Waals surface area contributed by atoms with Crippen LogP contribution >= 0.6 is 0 Å². The number of nitrogens with two attached hydrogens (primary N) is 1. The molecular formula is C8H14N2O2. The number of carbonyl (C=O) groups is 1. The van der Waals surface area contributed by atoms with Crippen molar-refractivity contribution in [2.45, 2.75) is 31.3 Å². The summed E-state index contributed by atoms with van der Waals surface area (Å²) in [5.41, 5.74) is 5.44. The summed E-state index contributed by atoms with van der Waals surface area (Å²) in [6.07, 6.45) is 2.99. The van der Waals surface area contributed by atoms with Crippen molar-refractivity contribution in [2.75, 3.05) is 13.2 Å². The molecule has 1 amide bonds. The molecule has 4 heteroatoms. The van der Waals surface area contributed by atoms with Gasteiger partial charge in [0.25, 0.3) is 0 Å². The lowest BCUT2D eigenvalue weighted by molar-refractivity contribution is 0.156. The molecule has 1 saturated heterocycles. The van der Waals surface area contributed by atoms with Gasteiger partial charge in [-0.2, -0.15) is 0 Å². The van der Waals surface area contributed by atoms with Gasteiger partial charge < -0.3 is 10.5 Å². The fourth-order valence-corrected chi connectivity index (χ4v) is 1.69. The van der Waals surface area contributed by atoms with Gasteiger partial charge in [0.2, 0.25) is 0 Å². The molecule has 1 saturated carbocycles. The second-order valence-electron chi connectivity index (χ2n) is 3.45. The topological polar surface area (TPSA) is 55.6 Å². The van der Waals surface area contributed by atoms with Crippen LogP contribution < -0.4 is 5.73 Å². The summed E-state index contributed by atoms with van der Waals surface area (Å²) in [6, 6.07) is 0.701. The Kier molecular flexibility index (Phi) is 1.92. The number of cyclic esters (lactones) is 1. The van der Waals surface area contributed by atoms with Crippen LogP contribution in [0, 0.1) is 0 Å². The minimum atomic E-state index is -0.143. The number of hydrogen-bond donors (Lipinski definition) is 1. The molecule has 1 atom stereocenters. The Labute approximate surface area is 71.7 Å². The third-order valence-electron chi connectivity index (χ3n) is 2.44. The van der Waals surface area contributed by atoms with Crippen LogP contribution in [0.15, 0.2) is 0 Å². The van der Waals surface area contributed by atoms with Crippen LogP contribution in [-0.4, -0.2) is 36.2 Å². The zero-order valence-electron chi connectivity index (χ0n) is 7.03. The summed E-state index contributed by atoms with van der Waals surface area (Å²) in [7, 11) is 0. The lowest BCUT2D eigenvalue weighted by Crippen LogP contribution is -2.36. The van der Waals surface area contributed by atoms with E-state index in [1.807, 2.05) is 4.90 Å². The molecule has 1 heterocycles. The second kappa shape index (κ2) is 2.94. The first-order valence-corrected chi connectivity index (χ1v) is 4.48. The van der Waals surface area contributed by atoms with Crippen molar-refractivity contribution in [3.63, 3.8) is 0 Å². The van der Waals surface area contributed by atoms with Crippen LogP contribution in [0.5, 0.6) is 0 Å². The molecule has 1 unspecified atom stereocenters. The molecule has 12 heavy (non-hydrogen) atoms. The Morgan fingerprint density at radius 1 is 1.58 bits per heavy atom. The first-order chi connectivity index (χ1) is 5.83. The summed E-state index contributed by atoms with van der Waals surface area (Å²) < 4.78 is 4.96. The van der Waals surface area contributed by atoms with Gasteiger partial charge in [0.15, 0.2) is 0 Å². The van der Waals surface area contributed by atoms with Gasteiger partial charge in [0, 0.05) is 6.04 Å². The largest absolute Gasteiger partial charge is 0.447 e. The molecule has 0 radical (unpaired) electrons. The molecule has 0 bridgehead atoms. The Bertz CT molecular complexity index is 191. The van der Waals surface area contributed by atoms with Crippen LogP contribution in [-0.2, 0) is 4.74 Å². The highest BCUT2D eigenvalue weighted by atomic mass is 16.6. The van der Waals surface area contributed by atoms with E-state index in [1.165, 1.54) is 0 Å². The van der Waals surface area contributed by atoms with Crippen LogP contribution in [0.2, 0.25) is 0 Å². The maximum absolute atomic E-state index is 11.2. The van der Waals surface area contributed by atoms with Crippen molar-refractivity contribution in [1.82, 2.24) is 4.90 Å². The molecule has 2 aliphatic rings. The van der Waals surface area contributed by atoms with E-state index in [0.29, 0.717) is 19.2 Å². The predicted octanol–water partition coefficient (Wildman–Crippen LogP) is 0.318. The van der Waals surface area contributed by atoms with Crippen molar-refractivity contribution in [3.05, 3.63) is 0 Å². The van der Waals surface area contributed by atoms with Gasteiger partial charge in [-0.25, -0.2) is 4.79 Å². The van der Waals surface area contributed by atoms with E-state index in [2.05, 4.69) is 0 Å². The SMILES string of the molecule is NCCC1COC(=O)N1C1CC1. The molecular weight excluding hydrogens is 156 g/mol. The Hall–Kier alpha value is -0.770. The Morgan fingerprint density at radius 2 is 2.33 bits per heavy atom. The first-order valence-electron chi connectivity index (χ1n) is 4.48. The van der Waals surface area contributed by atoms with Crippen molar-refractivity contribution >= 4 is 6.09 Å². The lowest BCUT2D eigenvalue weighted by Gasteiger charge is -2.19. The van der Waals surface area contributed by atoms with Gasteiger partial charge in [-0.05, 0) is 25.8 Å². The van der Waals surface area contributed by atoms with Gasteiger partial charge in [-0.1, -0.05) is 0 Å². The fourth-order valence-electron chi connectivity index (χ4n) is 1.69. The van der Waals surface area contributed by atoms with E-state index in [1.54, 1.807) is 0 Å². The summed E-state index contributed by atoms with van der Waals surface area (Å²) in [5, 5.41) is 0. The Balaban J connectivity index is 1.98. The van der Waals surface area contributed by atoms with Gasteiger partial charge >= 0.3 is 6.09 Å². The first kappa shape index (κ1) is 7.86. The summed E-state index contributed by atoms with van der Waals surface area (Å²) >= 11 is 0. The third-order valence-corrected chi connectivity index (χ3v) is 2.44.